The fourth-order valence-electron chi connectivity index (χ4n) is 4.09. The molecule has 0 fully saturated rings. The van der Waals surface area contributed by atoms with Gasteiger partial charge in [-0.05, 0) is 56.5 Å². The maximum absolute atomic E-state index is 13.9. The molecule has 0 aliphatic carbocycles. The van der Waals surface area contributed by atoms with Gasteiger partial charge in [-0.3, -0.25) is 13.9 Å². The molecule has 0 bridgehead atoms. The summed E-state index contributed by atoms with van der Waals surface area (Å²) in [5, 5.41) is 2.90. The van der Waals surface area contributed by atoms with Gasteiger partial charge in [-0.15, -0.1) is 0 Å². The van der Waals surface area contributed by atoms with Crippen molar-refractivity contribution in [2.75, 3.05) is 17.4 Å². The topological polar surface area (TPSA) is 86.8 Å². The molecule has 0 saturated heterocycles. The van der Waals surface area contributed by atoms with Gasteiger partial charge < -0.3 is 10.2 Å². The largest absolute Gasteiger partial charge is 0.354 e. The van der Waals surface area contributed by atoms with E-state index in [4.69, 9.17) is 0 Å². The fraction of sp³-hybridized carbons (Fsp3) is 0.333. The van der Waals surface area contributed by atoms with Crippen LogP contribution in [0, 0.1) is 13.8 Å². The first-order chi connectivity index (χ1) is 18.1. The van der Waals surface area contributed by atoms with E-state index in [1.807, 2.05) is 63.2 Å². The van der Waals surface area contributed by atoms with E-state index in [1.165, 1.54) is 4.90 Å². The number of rotatable bonds is 12. The summed E-state index contributed by atoms with van der Waals surface area (Å²) < 4.78 is 28.9. The summed E-state index contributed by atoms with van der Waals surface area (Å²) >= 11 is 0. The van der Waals surface area contributed by atoms with Gasteiger partial charge in [-0.2, -0.15) is 0 Å². The molecule has 0 unspecified atom stereocenters. The summed E-state index contributed by atoms with van der Waals surface area (Å²) in [5.74, 6) is -0.738. The Balaban J connectivity index is 1.99. The van der Waals surface area contributed by atoms with Crippen molar-refractivity contribution in [1.29, 1.82) is 0 Å². The molecule has 0 aliphatic heterocycles. The van der Waals surface area contributed by atoms with Crippen LogP contribution < -0.4 is 9.62 Å². The number of hydrogen-bond donors (Lipinski definition) is 1. The Labute approximate surface area is 226 Å². The molecule has 1 N–H and O–H groups in total. The molecule has 0 saturated carbocycles. The maximum Gasteiger partial charge on any atom is 0.264 e. The van der Waals surface area contributed by atoms with Crippen molar-refractivity contribution in [2.45, 2.75) is 58.0 Å². The number of aryl methyl sites for hydroxylation is 2. The molecule has 1 atom stereocenters. The maximum atomic E-state index is 13.9. The van der Waals surface area contributed by atoms with Crippen LogP contribution in [0.4, 0.5) is 5.69 Å². The minimum Gasteiger partial charge on any atom is -0.354 e. The number of carbonyl (C=O) groups is 2. The average Bonchev–Trinajstić information content (AvgIpc) is 2.91. The molecule has 0 spiro atoms. The fourth-order valence-corrected chi connectivity index (χ4v) is 5.57. The normalized spacial score (nSPS) is 12.0. The minimum atomic E-state index is -4.07. The number of benzene rings is 3. The van der Waals surface area contributed by atoms with Crippen LogP contribution in [-0.4, -0.2) is 44.3 Å². The van der Waals surface area contributed by atoms with Crippen LogP contribution in [0.3, 0.4) is 0 Å². The summed E-state index contributed by atoms with van der Waals surface area (Å²) in [4.78, 5) is 28.4. The van der Waals surface area contributed by atoms with Gasteiger partial charge in [0.15, 0.2) is 0 Å². The first-order valence-electron chi connectivity index (χ1n) is 12.9. The van der Waals surface area contributed by atoms with Crippen molar-refractivity contribution in [2.24, 2.45) is 0 Å². The van der Waals surface area contributed by atoms with Gasteiger partial charge in [0.05, 0.1) is 10.6 Å². The molecule has 8 heteroatoms. The van der Waals surface area contributed by atoms with Crippen LogP contribution in [0.15, 0.2) is 83.8 Å². The number of para-hydroxylation sites is 1. The van der Waals surface area contributed by atoms with Gasteiger partial charge in [0.2, 0.25) is 11.8 Å². The average molecular weight is 536 g/mol. The van der Waals surface area contributed by atoms with Gasteiger partial charge in [-0.1, -0.05) is 79.6 Å². The predicted molar refractivity (Wildman–Crippen MR) is 151 cm³/mol. The predicted octanol–water partition coefficient (Wildman–Crippen LogP) is 4.83. The SMILES string of the molecule is CCCCNC(=O)[C@H](C)N(Cc1ccccc1)C(=O)CN(c1ccccc1C)S(=O)(=O)c1ccc(C)cc1. The Bertz CT molecular complexity index is 1330. The molecule has 3 aromatic rings. The second-order valence-corrected chi connectivity index (χ2v) is 11.3. The van der Waals surface area contributed by atoms with E-state index in [1.54, 1.807) is 43.3 Å². The lowest BCUT2D eigenvalue weighted by Crippen LogP contribution is -2.51. The summed E-state index contributed by atoms with van der Waals surface area (Å²) in [5.41, 5.74) is 2.91. The van der Waals surface area contributed by atoms with Gasteiger partial charge in [0.25, 0.3) is 10.0 Å². The van der Waals surface area contributed by atoms with Crippen LogP contribution in [0.2, 0.25) is 0 Å². The van der Waals surface area contributed by atoms with Crippen LogP contribution in [0.1, 0.15) is 43.4 Å². The monoisotopic (exact) mass is 535 g/mol. The Morgan fingerprint density at radius 3 is 2.16 bits per heavy atom. The van der Waals surface area contributed by atoms with Gasteiger partial charge in [-0.25, -0.2) is 8.42 Å². The first-order valence-corrected chi connectivity index (χ1v) is 14.3. The van der Waals surface area contributed by atoms with Crippen molar-refractivity contribution in [3.63, 3.8) is 0 Å². The molecule has 0 radical (unpaired) electrons. The first kappa shape index (κ1) is 28.9. The number of nitrogens with zero attached hydrogens (tertiary/aromatic N) is 2. The van der Waals surface area contributed by atoms with Crippen molar-refractivity contribution in [1.82, 2.24) is 10.2 Å². The van der Waals surface area contributed by atoms with Gasteiger partial charge in [0.1, 0.15) is 12.6 Å². The highest BCUT2D eigenvalue weighted by molar-refractivity contribution is 7.92. The van der Waals surface area contributed by atoms with Crippen molar-refractivity contribution >= 4 is 27.5 Å². The zero-order valence-electron chi connectivity index (χ0n) is 22.6. The molecule has 202 valence electrons. The molecule has 0 aliphatic rings. The van der Waals surface area contributed by atoms with E-state index in [2.05, 4.69) is 5.32 Å². The summed E-state index contributed by atoms with van der Waals surface area (Å²) in [7, 11) is -4.07. The molecular formula is C30H37N3O4S. The minimum absolute atomic E-state index is 0.0964. The van der Waals surface area contributed by atoms with E-state index in [0.29, 0.717) is 12.2 Å². The quantitative estimate of drug-likeness (QED) is 0.337. The van der Waals surface area contributed by atoms with E-state index in [0.717, 1.165) is 33.8 Å². The number of amides is 2. The number of sulfonamides is 1. The third-order valence-corrected chi connectivity index (χ3v) is 8.24. The summed E-state index contributed by atoms with van der Waals surface area (Å²) in [6.45, 7) is 7.65. The van der Waals surface area contributed by atoms with Crippen molar-refractivity contribution in [3.8, 4) is 0 Å². The molecule has 3 rings (SSSR count). The van der Waals surface area contributed by atoms with Crippen LogP contribution in [0.25, 0.3) is 0 Å². The van der Waals surface area contributed by atoms with E-state index in [9.17, 15) is 18.0 Å². The lowest BCUT2D eigenvalue weighted by atomic mass is 10.1. The Morgan fingerprint density at radius 1 is 0.895 bits per heavy atom. The van der Waals surface area contributed by atoms with Crippen molar-refractivity contribution < 1.29 is 18.0 Å². The molecule has 38 heavy (non-hydrogen) atoms. The molecule has 0 heterocycles. The lowest BCUT2D eigenvalue weighted by molar-refractivity contribution is -0.139. The summed E-state index contributed by atoms with van der Waals surface area (Å²) in [6, 6.07) is 22.2. The van der Waals surface area contributed by atoms with Crippen LogP contribution in [0.5, 0.6) is 0 Å². The van der Waals surface area contributed by atoms with Crippen molar-refractivity contribution in [3.05, 3.63) is 95.6 Å². The Hall–Kier alpha value is -3.65. The smallest absolute Gasteiger partial charge is 0.264 e. The van der Waals surface area contributed by atoms with Crippen LogP contribution >= 0.6 is 0 Å². The van der Waals surface area contributed by atoms with Crippen LogP contribution in [-0.2, 0) is 26.2 Å². The Morgan fingerprint density at radius 2 is 1.53 bits per heavy atom. The van der Waals surface area contributed by atoms with E-state index in [-0.39, 0.29) is 17.3 Å². The number of carbonyl (C=O) groups excluding carboxylic acids is 2. The molecule has 0 aromatic heterocycles. The number of unbranched alkanes of at least 4 members (excludes halogenated alkanes) is 1. The third-order valence-electron chi connectivity index (χ3n) is 6.46. The number of anilines is 1. The van der Waals surface area contributed by atoms with Gasteiger partial charge >= 0.3 is 0 Å². The molecule has 7 nitrogen and oxygen atoms in total. The highest BCUT2D eigenvalue weighted by Gasteiger charge is 2.33. The highest BCUT2D eigenvalue weighted by atomic mass is 32.2. The number of hydrogen-bond acceptors (Lipinski definition) is 4. The third kappa shape index (κ3) is 7.22. The lowest BCUT2D eigenvalue weighted by Gasteiger charge is -2.32. The zero-order chi connectivity index (χ0) is 27.7. The van der Waals surface area contributed by atoms with Gasteiger partial charge in [0, 0.05) is 13.1 Å². The zero-order valence-corrected chi connectivity index (χ0v) is 23.4. The standard InChI is InChI=1S/C30H37N3O4S/c1-5-6-20-31-30(35)25(4)32(21-26-13-8-7-9-14-26)29(34)22-33(28-15-11-10-12-24(28)3)38(36,37)27-18-16-23(2)17-19-27/h7-19,25H,5-6,20-22H2,1-4H3,(H,31,35)/t25-/m0/s1. The second-order valence-electron chi connectivity index (χ2n) is 9.44. The molecule has 2 amide bonds. The molecular weight excluding hydrogens is 498 g/mol. The van der Waals surface area contributed by atoms with E-state index >= 15 is 0 Å². The number of nitrogens with one attached hydrogen (secondary N) is 1. The summed E-state index contributed by atoms with van der Waals surface area (Å²) in [6.07, 6.45) is 1.77. The van der Waals surface area contributed by atoms with E-state index < -0.39 is 28.5 Å². The molecule has 3 aromatic carbocycles. The Kier molecular flexibility index (Phi) is 10.1. The second kappa shape index (κ2) is 13.2. The highest BCUT2D eigenvalue weighted by Crippen LogP contribution is 2.27.